The normalized spacial score (nSPS) is 17.7. The van der Waals surface area contributed by atoms with Gasteiger partial charge in [-0.25, -0.2) is 0 Å². The van der Waals surface area contributed by atoms with E-state index in [1.54, 1.807) is 18.2 Å². The fraction of sp³-hybridized carbons (Fsp3) is 0.591. The van der Waals surface area contributed by atoms with E-state index in [-0.39, 0.29) is 11.7 Å². The van der Waals surface area contributed by atoms with Gasteiger partial charge in [0.1, 0.15) is 12.1 Å². The fourth-order valence-corrected chi connectivity index (χ4v) is 3.17. The maximum atomic E-state index is 12.6. The molecule has 0 unspecified atom stereocenters. The van der Waals surface area contributed by atoms with Gasteiger partial charge in [-0.15, -0.1) is 0 Å². The Balaban J connectivity index is 2.02. The van der Waals surface area contributed by atoms with Gasteiger partial charge in [-0.3, -0.25) is 14.4 Å². The molecule has 1 aromatic carbocycles. The van der Waals surface area contributed by atoms with Crippen LogP contribution in [0.3, 0.4) is 0 Å². The first kappa shape index (κ1) is 23.0. The highest BCUT2D eigenvalue weighted by molar-refractivity contribution is 5.99. The second-order valence-electron chi connectivity index (χ2n) is 8.42. The van der Waals surface area contributed by atoms with Gasteiger partial charge < -0.3 is 20.5 Å². The molecule has 0 bridgehead atoms. The molecule has 7 heteroatoms. The molecule has 29 heavy (non-hydrogen) atoms. The van der Waals surface area contributed by atoms with Crippen LogP contribution in [0.5, 0.6) is 0 Å². The largest absolute Gasteiger partial charge is 0.394 e. The van der Waals surface area contributed by atoms with Crippen molar-refractivity contribution < 1.29 is 24.2 Å². The van der Waals surface area contributed by atoms with Gasteiger partial charge in [-0.1, -0.05) is 39.8 Å². The van der Waals surface area contributed by atoms with Crippen LogP contribution in [0, 0.1) is 11.8 Å². The van der Waals surface area contributed by atoms with Crippen molar-refractivity contribution in [2.45, 2.75) is 58.7 Å². The predicted octanol–water partition coefficient (Wildman–Crippen LogP) is 1.47. The molecule has 1 saturated heterocycles. The number of amides is 2. The number of ether oxygens (including phenoxy) is 1. The summed E-state index contributed by atoms with van der Waals surface area (Å²) in [4.78, 5) is 37.6. The van der Waals surface area contributed by atoms with Crippen molar-refractivity contribution in [3.8, 4) is 0 Å². The quantitative estimate of drug-likeness (QED) is 0.484. The molecule has 7 nitrogen and oxygen atoms in total. The number of epoxide rings is 1. The SMILES string of the molecule is CC(C)Cc1cccc(C(=O)N[C@@H](CO)C(=O)N[C@@H](CC(C)C)C(=O)[C@H]2CO2)c1. The van der Waals surface area contributed by atoms with Crippen molar-refractivity contribution in [2.75, 3.05) is 13.2 Å². The lowest BCUT2D eigenvalue weighted by Gasteiger charge is -2.22. The molecule has 1 heterocycles. The first-order valence-corrected chi connectivity index (χ1v) is 10.2. The summed E-state index contributed by atoms with van der Waals surface area (Å²) in [7, 11) is 0. The zero-order chi connectivity index (χ0) is 21.6. The summed E-state index contributed by atoms with van der Waals surface area (Å²) in [6, 6.07) is 5.37. The molecule has 0 aliphatic carbocycles. The summed E-state index contributed by atoms with van der Waals surface area (Å²) in [5, 5.41) is 14.9. The van der Waals surface area contributed by atoms with Gasteiger partial charge in [0.05, 0.1) is 19.3 Å². The van der Waals surface area contributed by atoms with Crippen LogP contribution in [0.2, 0.25) is 0 Å². The van der Waals surface area contributed by atoms with E-state index in [4.69, 9.17) is 4.74 Å². The summed E-state index contributed by atoms with van der Waals surface area (Å²) in [6.07, 6.45) is 0.839. The maximum absolute atomic E-state index is 12.6. The van der Waals surface area contributed by atoms with Gasteiger partial charge in [0, 0.05) is 5.56 Å². The summed E-state index contributed by atoms with van der Waals surface area (Å²) >= 11 is 0. The Morgan fingerprint density at radius 2 is 1.79 bits per heavy atom. The standard InChI is InChI=1S/C22H32N2O5/c1-13(2)8-15-6-5-7-16(10-15)21(27)24-18(11-25)22(28)23-17(9-14(3)4)20(26)19-12-29-19/h5-7,10,13-14,17-19,25H,8-9,11-12H2,1-4H3,(H,23,28)(H,24,27)/t17-,18-,19+/m0/s1. The summed E-state index contributed by atoms with van der Waals surface area (Å²) in [6.45, 7) is 7.91. The van der Waals surface area contributed by atoms with E-state index in [1.807, 2.05) is 19.9 Å². The number of carbonyl (C=O) groups excluding carboxylic acids is 3. The number of ketones is 1. The van der Waals surface area contributed by atoms with Crippen LogP contribution in [0.15, 0.2) is 24.3 Å². The number of Topliss-reactive ketones (excluding diaryl/α,β-unsaturated/α-hetero) is 1. The number of aliphatic hydroxyl groups excluding tert-OH is 1. The van der Waals surface area contributed by atoms with E-state index in [2.05, 4.69) is 24.5 Å². The van der Waals surface area contributed by atoms with E-state index >= 15 is 0 Å². The second kappa shape index (κ2) is 10.5. The third-order valence-electron chi connectivity index (χ3n) is 4.66. The molecule has 3 atom stereocenters. The fourth-order valence-electron chi connectivity index (χ4n) is 3.17. The number of carbonyl (C=O) groups is 3. The van der Waals surface area contributed by atoms with Crippen LogP contribution in [-0.2, 0) is 20.7 Å². The minimum atomic E-state index is -1.14. The molecule has 160 valence electrons. The molecule has 3 N–H and O–H groups in total. The topological polar surface area (TPSA) is 108 Å². The van der Waals surface area contributed by atoms with E-state index in [1.165, 1.54) is 0 Å². The molecule has 1 aromatic rings. The number of benzene rings is 1. The van der Waals surface area contributed by atoms with Gasteiger partial charge >= 0.3 is 0 Å². The zero-order valence-electron chi connectivity index (χ0n) is 17.6. The number of aliphatic hydroxyl groups is 1. The molecule has 1 aliphatic rings. The Morgan fingerprint density at radius 1 is 1.10 bits per heavy atom. The molecule has 1 aliphatic heterocycles. The minimum Gasteiger partial charge on any atom is -0.394 e. The van der Waals surface area contributed by atoms with Crippen molar-refractivity contribution in [3.05, 3.63) is 35.4 Å². The number of rotatable bonds is 11. The lowest BCUT2D eigenvalue weighted by atomic mass is 9.98. The highest BCUT2D eigenvalue weighted by Crippen LogP contribution is 2.17. The third kappa shape index (κ3) is 7.25. The Kier molecular flexibility index (Phi) is 8.34. The lowest BCUT2D eigenvalue weighted by Crippen LogP contribution is -2.54. The van der Waals surface area contributed by atoms with Crippen LogP contribution in [0.1, 0.15) is 50.0 Å². The van der Waals surface area contributed by atoms with Crippen LogP contribution < -0.4 is 10.6 Å². The first-order chi connectivity index (χ1) is 13.7. The Labute approximate surface area is 172 Å². The molecule has 0 spiro atoms. The van der Waals surface area contributed by atoms with Gasteiger partial charge in [0.25, 0.3) is 5.91 Å². The number of hydrogen-bond donors (Lipinski definition) is 3. The van der Waals surface area contributed by atoms with Crippen molar-refractivity contribution in [2.24, 2.45) is 11.8 Å². The van der Waals surface area contributed by atoms with Crippen molar-refractivity contribution in [1.82, 2.24) is 10.6 Å². The zero-order valence-corrected chi connectivity index (χ0v) is 17.6. The first-order valence-electron chi connectivity index (χ1n) is 10.2. The molecule has 0 saturated carbocycles. The third-order valence-corrected chi connectivity index (χ3v) is 4.66. The average Bonchev–Trinajstić information content (AvgIpc) is 3.49. The summed E-state index contributed by atoms with van der Waals surface area (Å²) in [5.41, 5.74) is 1.46. The molecule has 0 aromatic heterocycles. The smallest absolute Gasteiger partial charge is 0.252 e. The maximum Gasteiger partial charge on any atom is 0.252 e. The highest BCUT2D eigenvalue weighted by atomic mass is 16.6. The monoisotopic (exact) mass is 404 g/mol. The average molecular weight is 405 g/mol. The Hall–Kier alpha value is -2.25. The molecular weight excluding hydrogens is 372 g/mol. The molecule has 2 rings (SSSR count). The molecular formula is C22H32N2O5. The van der Waals surface area contributed by atoms with Crippen LogP contribution in [0.4, 0.5) is 0 Å². The van der Waals surface area contributed by atoms with E-state index in [9.17, 15) is 19.5 Å². The number of nitrogens with one attached hydrogen (secondary N) is 2. The van der Waals surface area contributed by atoms with Gasteiger partial charge in [0.2, 0.25) is 5.91 Å². The van der Waals surface area contributed by atoms with Crippen LogP contribution >= 0.6 is 0 Å². The van der Waals surface area contributed by atoms with E-state index in [0.29, 0.717) is 24.5 Å². The van der Waals surface area contributed by atoms with E-state index in [0.717, 1.165) is 12.0 Å². The Bertz CT molecular complexity index is 728. The second-order valence-corrected chi connectivity index (χ2v) is 8.42. The Morgan fingerprint density at radius 3 is 2.34 bits per heavy atom. The van der Waals surface area contributed by atoms with E-state index < -0.39 is 36.6 Å². The van der Waals surface area contributed by atoms with Crippen molar-refractivity contribution in [1.29, 1.82) is 0 Å². The predicted molar refractivity (Wildman–Crippen MR) is 109 cm³/mol. The van der Waals surface area contributed by atoms with Crippen molar-refractivity contribution >= 4 is 17.6 Å². The lowest BCUT2D eigenvalue weighted by molar-refractivity contribution is -0.130. The highest BCUT2D eigenvalue weighted by Gasteiger charge is 2.38. The number of hydrogen-bond acceptors (Lipinski definition) is 5. The van der Waals surface area contributed by atoms with Gasteiger partial charge in [-0.05, 0) is 42.4 Å². The molecule has 0 radical (unpaired) electrons. The summed E-state index contributed by atoms with van der Waals surface area (Å²) in [5.74, 6) is -0.554. The minimum absolute atomic E-state index is 0.170. The van der Waals surface area contributed by atoms with Crippen molar-refractivity contribution in [3.63, 3.8) is 0 Å². The molecule has 1 fully saturated rings. The summed E-state index contributed by atoms with van der Waals surface area (Å²) < 4.78 is 5.04. The molecule has 2 amide bonds. The van der Waals surface area contributed by atoms with Gasteiger partial charge in [-0.2, -0.15) is 0 Å². The van der Waals surface area contributed by atoms with Gasteiger partial charge in [0.15, 0.2) is 5.78 Å². The van der Waals surface area contributed by atoms with Crippen LogP contribution in [0.25, 0.3) is 0 Å². The van der Waals surface area contributed by atoms with Crippen LogP contribution in [-0.4, -0.2) is 54.1 Å².